The van der Waals surface area contributed by atoms with Crippen molar-refractivity contribution in [2.75, 3.05) is 5.73 Å². The van der Waals surface area contributed by atoms with E-state index in [9.17, 15) is 29.0 Å². The van der Waals surface area contributed by atoms with Crippen molar-refractivity contribution in [3.8, 4) is 11.1 Å². The van der Waals surface area contributed by atoms with Crippen molar-refractivity contribution in [2.45, 2.75) is 0 Å². The first kappa shape index (κ1) is 18.2. The van der Waals surface area contributed by atoms with Crippen LogP contribution in [0.5, 0.6) is 0 Å². The number of nitrogens with one attached hydrogen (secondary N) is 1. The van der Waals surface area contributed by atoms with Crippen LogP contribution in [0, 0.1) is 5.82 Å². The highest BCUT2D eigenvalue weighted by molar-refractivity contribution is 9.10. The Morgan fingerprint density at radius 1 is 1.17 bits per heavy atom. The monoisotopic (exact) mass is 438 g/mol. The Labute approximate surface area is 150 Å². The van der Waals surface area contributed by atoms with Crippen LogP contribution in [0.2, 0.25) is 10.0 Å². The fraction of sp³-hybridized carbons (Fsp3) is 0. The maximum atomic E-state index is 14.6. The number of nitrogen functional groups attached to an aromatic ring is 1. The van der Waals surface area contributed by atoms with Gasteiger partial charge in [0.15, 0.2) is 5.82 Å². The highest BCUT2D eigenvalue weighted by Gasteiger charge is 2.30. The Balaban J connectivity index is 3.15. The Morgan fingerprint density at radius 2 is 1.71 bits per heavy atom. The molecule has 1 aromatic carbocycles. The van der Waals surface area contributed by atoms with E-state index in [4.69, 9.17) is 28.9 Å². The third-order valence-corrected chi connectivity index (χ3v) is 4.56. The number of aromatic carboxylic acids is 2. The van der Waals surface area contributed by atoms with Gasteiger partial charge < -0.3 is 20.9 Å². The van der Waals surface area contributed by atoms with E-state index in [0.29, 0.717) is 0 Å². The summed E-state index contributed by atoms with van der Waals surface area (Å²) in [7, 11) is 0. The molecule has 0 unspecified atom stereocenters. The number of H-pyrrole nitrogens is 1. The van der Waals surface area contributed by atoms with Crippen LogP contribution >= 0.6 is 39.1 Å². The molecular formula is C13H6BrCl2FN2O5. The average molecular weight is 440 g/mol. The van der Waals surface area contributed by atoms with E-state index < -0.39 is 56.4 Å². The number of hydrogen-bond donors (Lipinski definition) is 4. The molecule has 11 heteroatoms. The Bertz CT molecular complexity index is 961. The van der Waals surface area contributed by atoms with E-state index in [1.807, 2.05) is 4.98 Å². The number of nitrogens with two attached hydrogens (primary N) is 1. The van der Waals surface area contributed by atoms with Gasteiger partial charge in [-0.1, -0.05) is 23.2 Å². The fourth-order valence-corrected chi connectivity index (χ4v) is 3.06. The quantitative estimate of drug-likeness (QED) is 0.428. The van der Waals surface area contributed by atoms with Crippen LogP contribution in [0.4, 0.5) is 10.2 Å². The summed E-state index contributed by atoms with van der Waals surface area (Å²) in [6.07, 6.45) is 0. The zero-order chi connectivity index (χ0) is 18.3. The smallest absolute Gasteiger partial charge is 0.342 e. The van der Waals surface area contributed by atoms with Crippen LogP contribution in [-0.2, 0) is 0 Å². The van der Waals surface area contributed by atoms with Crippen LogP contribution < -0.4 is 11.3 Å². The van der Waals surface area contributed by atoms with Gasteiger partial charge in [-0.05, 0) is 22.0 Å². The molecule has 1 aromatic heterocycles. The predicted molar refractivity (Wildman–Crippen MR) is 88.5 cm³/mol. The van der Waals surface area contributed by atoms with Crippen LogP contribution in [0.3, 0.4) is 0 Å². The molecule has 0 aliphatic carbocycles. The van der Waals surface area contributed by atoms with E-state index in [1.165, 1.54) is 0 Å². The molecule has 24 heavy (non-hydrogen) atoms. The fourth-order valence-electron chi connectivity index (χ4n) is 2.09. The molecule has 0 spiro atoms. The molecule has 0 aliphatic rings. The van der Waals surface area contributed by atoms with Gasteiger partial charge in [0.2, 0.25) is 0 Å². The molecule has 1 heterocycles. The van der Waals surface area contributed by atoms with Gasteiger partial charge in [-0.15, -0.1) is 0 Å². The highest BCUT2D eigenvalue weighted by Crippen LogP contribution is 2.41. The summed E-state index contributed by atoms with van der Waals surface area (Å²) in [6, 6.07) is 1.14. The summed E-state index contributed by atoms with van der Waals surface area (Å²) in [4.78, 5) is 36.7. The first-order valence-corrected chi connectivity index (χ1v) is 7.48. The molecular weight excluding hydrogens is 434 g/mol. The van der Waals surface area contributed by atoms with Gasteiger partial charge in [0.1, 0.15) is 16.9 Å². The van der Waals surface area contributed by atoms with Gasteiger partial charge in [0.25, 0.3) is 5.56 Å². The van der Waals surface area contributed by atoms with Crippen molar-refractivity contribution in [2.24, 2.45) is 0 Å². The van der Waals surface area contributed by atoms with E-state index in [2.05, 4.69) is 15.9 Å². The summed E-state index contributed by atoms with van der Waals surface area (Å²) < 4.78 is 14.6. The molecule has 0 radical (unpaired) electrons. The maximum absolute atomic E-state index is 14.6. The number of carboxylic acid groups (broad SMARTS) is 2. The van der Waals surface area contributed by atoms with Gasteiger partial charge in [-0.2, -0.15) is 0 Å². The number of carboxylic acids is 2. The normalized spacial score (nSPS) is 10.7. The standard InChI is InChI=1S/C13H6BrCl2FN2O5/c14-2-1-3(15)4(9(17)8(2)16)5-6(12(21)22)10(18)19-11(20)7(5)13(23)24/h1H,(H,21,22)(H,23,24)(H3,18,19,20). The molecule has 0 atom stereocenters. The lowest BCUT2D eigenvalue weighted by Gasteiger charge is -2.15. The number of pyridine rings is 1. The summed E-state index contributed by atoms with van der Waals surface area (Å²) in [5.41, 5.74) is 0.981. The van der Waals surface area contributed by atoms with Gasteiger partial charge in [0.05, 0.1) is 10.0 Å². The number of halogens is 4. The third kappa shape index (κ3) is 2.85. The minimum absolute atomic E-state index is 0.0574. The van der Waals surface area contributed by atoms with E-state index in [1.54, 1.807) is 0 Å². The van der Waals surface area contributed by atoms with Gasteiger partial charge in [-0.3, -0.25) is 4.79 Å². The van der Waals surface area contributed by atoms with Crippen molar-refractivity contribution in [3.63, 3.8) is 0 Å². The van der Waals surface area contributed by atoms with Crippen LogP contribution in [0.1, 0.15) is 20.7 Å². The largest absolute Gasteiger partial charge is 0.478 e. The van der Waals surface area contributed by atoms with Gasteiger partial charge >= 0.3 is 11.9 Å². The number of benzene rings is 1. The Morgan fingerprint density at radius 3 is 2.21 bits per heavy atom. The van der Waals surface area contributed by atoms with Crippen molar-refractivity contribution < 1.29 is 24.2 Å². The topological polar surface area (TPSA) is 133 Å². The Kier molecular flexibility index (Phi) is 4.88. The SMILES string of the molecule is Nc1[nH]c(=O)c(C(=O)O)c(-c2c(Cl)cc(Br)c(Cl)c2F)c1C(=O)O. The molecule has 7 nitrogen and oxygen atoms in total. The molecule has 0 aliphatic heterocycles. The van der Waals surface area contributed by atoms with Crippen molar-refractivity contribution >= 4 is 56.9 Å². The lowest BCUT2D eigenvalue weighted by atomic mass is 9.95. The molecule has 2 rings (SSSR count). The summed E-state index contributed by atoms with van der Waals surface area (Å²) in [6.45, 7) is 0. The number of hydrogen-bond acceptors (Lipinski definition) is 4. The number of aromatic amines is 1. The third-order valence-electron chi connectivity index (χ3n) is 3.04. The lowest BCUT2D eigenvalue weighted by Crippen LogP contribution is -2.24. The molecule has 0 saturated heterocycles. The van der Waals surface area contributed by atoms with Crippen LogP contribution in [-0.4, -0.2) is 27.1 Å². The number of rotatable bonds is 3. The zero-order valence-corrected chi connectivity index (χ0v) is 14.4. The second-order valence-corrected chi connectivity index (χ2v) is 6.09. The van der Waals surface area contributed by atoms with Crippen molar-refractivity contribution in [1.82, 2.24) is 4.98 Å². The predicted octanol–water partition coefficient (Wildman–Crippen LogP) is 3.23. The van der Waals surface area contributed by atoms with Gasteiger partial charge in [-0.25, -0.2) is 14.0 Å². The number of anilines is 1. The Hall–Kier alpha value is -2.10. The van der Waals surface area contributed by atoms with Crippen LogP contribution in [0.25, 0.3) is 11.1 Å². The molecule has 0 amide bonds. The molecule has 0 saturated carbocycles. The highest BCUT2D eigenvalue weighted by atomic mass is 79.9. The zero-order valence-electron chi connectivity index (χ0n) is 11.3. The molecule has 0 fully saturated rings. The molecule has 126 valence electrons. The minimum atomic E-state index is -1.79. The first-order valence-electron chi connectivity index (χ1n) is 5.93. The average Bonchev–Trinajstić information content (AvgIpc) is 2.43. The molecule has 0 bridgehead atoms. The van der Waals surface area contributed by atoms with Crippen LogP contribution in [0.15, 0.2) is 15.3 Å². The summed E-state index contributed by atoms with van der Waals surface area (Å²) >= 11 is 14.6. The molecule has 2 aromatic rings. The minimum Gasteiger partial charge on any atom is -0.478 e. The van der Waals surface area contributed by atoms with E-state index >= 15 is 0 Å². The number of aromatic nitrogens is 1. The van der Waals surface area contributed by atoms with E-state index in [0.717, 1.165) is 6.07 Å². The lowest BCUT2D eigenvalue weighted by molar-refractivity contribution is 0.0695. The van der Waals surface area contributed by atoms with Gasteiger partial charge in [0, 0.05) is 15.6 Å². The van der Waals surface area contributed by atoms with Crippen molar-refractivity contribution in [1.29, 1.82) is 0 Å². The first-order chi connectivity index (χ1) is 11.1. The van der Waals surface area contributed by atoms with E-state index in [-0.39, 0.29) is 9.50 Å². The second kappa shape index (κ2) is 6.42. The second-order valence-electron chi connectivity index (χ2n) is 4.45. The summed E-state index contributed by atoms with van der Waals surface area (Å²) in [5, 5.41) is 17.7. The van der Waals surface area contributed by atoms with Crippen molar-refractivity contribution in [3.05, 3.63) is 47.9 Å². The molecule has 5 N–H and O–H groups in total. The number of carbonyl (C=O) groups is 2. The maximum Gasteiger partial charge on any atom is 0.342 e. The summed E-state index contributed by atoms with van der Waals surface area (Å²) in [5.74, 6) is -5.33.